The average Bonchev–Trinajstić information content (AvgIpc) is 3.03. The van der Waals surface area contributed by atoms with Gasteiger partial charge in [0, 0.05) is 11.1 Å². The number of methoxy groups -OCH3 is 3. The molecule has 0 atom stereocenters. The van der Waals surface area contributed by atoms with Crippen molar-refractivity contribution in [2.45, 2.75) is 6.92 Å². The number of rotatable bonds is 7. The molecular formula is C18H19N3O5. The maximum Gasteiger partial charge on any atom is 0.203 e. The summed E-state index contributed by atoms with van der Waals surface area (Å²) in [5.74, 6) is 0.934. The Balaban J connectivity index is 2.91. The van der Waals surface area contributed by atoms with E-state index in [0.717, 1.165) is 0 Å². The predicted octanol–water partition coefficient (Wildman–Crippen LogP) is 2.76. The molecule has 0 unspecified atom stereocenters. The van der Waals surface area contributed by atoms with Crippen LogP contribution in [0.15, 0.2) is 17.3 Å². The minimum absolute atomic E-state index is 0.127. The zero-order chi connectivity index (χ0) is 19.3. The fraction of sp³-hybridized carbons (Fsp3) is 0.278. The molecule has 2 rings (SSSR count). The van der Waals surface area contributed by atoms with Gasteiger partial charge >= 0.3 is 0 Å². The van der Waals surface area contributed by atoms with Gasteiger partial charge < -0.3 is 24.0 Å². The third-order valence-electron chi connectivity index (χ3n) is 3.75. The van der Waals surface area contributed by atoms with Crippen molar-refractivity contribution in [3.05, 3.63) is 29.1 Å². The first-order valence-electron chi connectivity index (χ1n) is 7.56. The maximum absolute atomic E-state index is 12.2. The molecule has 1 aromatic carbocycles. The molecule has 0 radical (unpaired) electrons. The highest BCUT2D eigenvalue weighted by molar-refractivity contribution is 6.08. The van der Waals surface area contributed by atoms with E-state index in [2.05, 4.69) is 10.1 Å². The molecule has 0 saturated carbocycles. The van der Waals surface area contributed by atoms with Gasteiger partial charge in [0.25, 0.3) is 0 Å². The van der Waals surface area contributed by atoms with Gasteiger partial charge in [-0.15, -0.1) is 0 Å². The fourth-order valence-corrected chi connectivity index (χ4v) is 2.74. The zero-order valence-corrected chi connectivity index (χ0v) is 15.2. The summed E-state index contributed by atoms with van der Waals surface area (Å²) in [6.07, 6.45) is 1.39. The molecule has 1 aromatic heterocycles. The molecule has 0 amide bonds. The Morgan fingerprint density at radius 3 is 2.35 bits per heavy atom. The maximum atomic E-state index is 12.2. The van der Waals surface area contributed by atoms with Crippen molar-refractivity contribution in [2.24, 2.45) is 5.16 Å². The van der Waals surface area contributed by atoms with E-state index in [1.807, 2.05) is 6.07 Å². The number of nitrogens with zero attached hydrogens (tertiary/aromatic N) is 2. The van der Waals surface area contributed by atoms with Gasteiger partial charge in [-0.1, -0.05) is 5.16 Å². The van der Waals surface area contributed by atoms with Gasteiger partial charge in [0.1, 0.15) is 18.9 Å². The number of ether oxygens (including phenoxy) is 3. The zero-order valence-electron chi connectivity index (χ0n) is 15.2. The van der Waals surface area contributed by atoms with E-state index >= 15 is 0 Å². The monoisotopic (exact) mass is 357 g/mol. The second-order valence-electron chi connectivity index (χ2n) is 5.13. The van der Waals surface area contributed by atoms with Crippen molar-refractivity contribution in [1.82, 2.24) is 4.98 Å². The highest BCUT2D eigenvalue weighted by Crippen LogP contribution is 2.46. The lowest BCUT2D eigenvalue weighted by Crippen LogP contribution is -2.01. The largest absolute Gasteiger partial charge is 0.493 e. The lowest BCUT2D eigenvalue weighted by Gasteiger charge is -2.16. The number of aromatic nitrogens is 1. The number of hydrogen-bond donors (Lipinski definition) is 1. The van der Waals surface area contributed by atoms with Crippen LogP contribution in [0.2, 0.25) is 0 Å². The van der Waals surface area contributed by atoms with Gasteiger partial charge in [0.15, 0.2) is 17.3 Å². The van der Waals surface area contributed by atoms with Crippen LogP contribution in [0.5, 0.6) is 17.2 Å². The van der Waals surface area contributed by atoms with Crippen LogP contribution in [0.3, 0.4) is 0 Å². The molecule has 1 N–H and O–H groups in total. The van der Waals surface area contributed by atoms with Crippen LogP contribution in [0, 0.1) is 11.3 Å². The van der Waals surface area contributed by atoms with E-state index in [4.69, 9.17) is 19.0 Å². The number of H-pyrrole nitrogens is 1. The summed E-state index contributed by atoms with van der Waals surface area (Å²) in [7, 11) is 5.88. The molecule has 0 bridgehead atoms. The van der Waals surface area contributed by atoms with Crippen molar-refractivity contribution in [1.29, 1.82) is 5.26 Å². The van der Waals surface area contributed by atoms with E-state index in [-0.39, 0.29) is 17.0 Å². The summed E-state index contributed by atoms with van der Waals surface area (Å²) in [6, 6.07) is 5.41. The Hall–Kier alpha value is -3.47. The number of Topliss-reactive ketones (excluding diaryl/α,β-unsaturated/α-hetero) is 1. The second-order valence-corrected chi connectivity index (χ2v) is 5.13. The minimum atomic E-state index is -0.276. The summed E-state index contributed by atoms with van der Waals surface area (Å²) in [4.78, 5) is 19.9. The van der Waals surface area contributed by atoms with E-state index < -0.39 is 0 Å². The molecule has 8 nitrogen and oxygen atoms in total. The summed E-state index contributed by atoms with van der Waals surface area (Å²) in [5.41, 5.74) is 1.80. The third-order valence-corrected chi connectivity index (χ3v) is 3.75. The number of nitriles is 1. The van der Waals surface area contributed by atoms with Gasteiger partial charge in [-0.05, 0) is 19.1 Å². The smallest absolute Gasteiger partial charge is 0.203 e. The van der Waals surface area contributed by atoms with Crippen molar-refractivity contribution >= 4 is 12.0 Å². The number of carbonyl (C=O) groups excluding carboxylic acids is 1. The molecule has 0 aliphatic heterocycles. The number of aromatic amines is 1. The SMILES string of the molecule is CON=Cc1[nH]c(C#N)c(C(C)=O)c1-c1ccc(OC)c(OC)c1OC. The summed E-state index contributed by atoms with van der Waals surface area (Å²) < 4.78 is 16.2. The molecule has 0 saturated heterocycles. The fourth-order valence-electron chi connectivity index (χ4n) is 2.74. The third kappa shape index (κ3) is 3.19. The van der Waals surface area contributed by atoms with Gasteiger partial charge in [-0.2, -0.15) is 5.26 Å². The second kappa shape index (κ2) is 8.07. The van der Waals surface area contributed by atoms with Crippen molar-refractivity contribution in [2.75, 3.05) is 28.4 Å². The van der Waals surface area contributed by atoms with Crippen molar-refractivity contribution in [3.8, 4) is 34.4 Å². The summed E-state index contributed by atoms with van der Waals surface area (Å²) >= 11 is 0. The minimum Gasteiger partial charge on any atom is -0.493 e. The van der Waals surface area contributed by atoms with Crippen LogP contribution < -0.4 is 14.2 Å². The predicted molar refractivity (Wildman–Crippen MR) is 95.2 cm³/mol. The normalized spacial score (nSPS) is 10.5. The topological polar surface area (TPSA) is 106 Å². The van der Waals surface area contributed by atoms with Gasteiger partial charge in [0.05, 0.1) is 38.8 Å². The van der Waals surface area contributed by atoms with Crippen LogP contribution in [0.25, 0.3) is 11.1 Å². The van der Waals surface area contributed by atoms with E-state index in [0.29, 0.717) is 34.1 Å². The molecule has 136 valence electrons. The Bertz CT molecular complexity index is 893. The quantitative estimate of drug-likeness (QED) is 0.464. The van der Waals surface area contributed by atoms with Crippen LogP contribution in [-0.4, -0.2) is 45.4 Å². The van der Waals surface area contributed by atoms with Crippen LogP contribution in [-0.2, 0) is 4.84 Å². The van der Waals surface area contributed by atoms with Crippen molar-refractivity contribution < 1.29 is 23.8 Å². The van der Waals surface area contributed by atoms with Gasteiger partial charge in [-0.3, -0.25) is 4.79 Å². The van der Waals surface area contributed by atoms with E-state index in [1.165, 1.54) is 41.6 Å². The Morgan fingerprint density at radius 2 is 1.85 bits per heavy atom. The number of oxime groups is 1. The van der Waals surface area contributed by atoms with Gasteiger partial charge in [0.2, 0.25) is 5.75 Å². The van der Waals surface area contributed by atoms with Crippen molar-refractivity contribution in [3.63, 3.8) is 0 Å². The molecule has 26 heavy (non-hydrogen) atoms. The molecule has 2 aromatic rings. The van der Waals surface area contributed by atoms with Crippen LogP contribution >= 0.6 is 0 Å². The lowest BCUT2D eigenvalue weighted by atomic mass is 9.96. The summed E-state index contributed by atoms with van der Waals surface area (Å²) in [6.45, 7) is 1.39. The number of benzene rings is 1. The van der Waals surface area contributed by atoms with E-state index in [9.17, 15) is 10.1 Å². The first-order chi connectivity index (χ1) is 12.5. The van der Waals surface area contributed by atoms with Gasteiger partial charge in [-0.25, -0.2) is 0 Å². The number of nitrogens with one attached hydrogen (secondary N) is 1. The molecule has 0 fully saturated rings. The highest BCUT2D eigenvalue weighted by Gasteiger charge is 2.26. The molecule has 8 heteroatoms. The Kier molecular flexibility index (Phi) is 5.86. The average molecular weight is 357 g/mol. The van der Waals surface area contributed by atoms with E-state index in [1.54, 1.807) is 12.1 Å². The molecule has 0 aliphatic rings. The first-order valence-corrected chi connectivity index (χ1v) is 7.56. The molecular weight excluding hydrogens is 338 g/mol. The Morgan fingerprint density at radius 1 is 1.15 bits per heavy atom. The van der Waals surface area contributed by atoms with Crippen LogP contribution in [0.4, 0.5) is 0 Å². The first kappa shape index (κ1) is 18.9. The lowest BCUT2D eigenvalue weighted by molar-refractivity contribution is 0.101. The van der Waals surface area contributed by atoms with Crippen LogP contribution in [0.1, 0.15) is 28.7 Å². The number of carbonyl (C=O) groups is 1. The number of ketones is 1. The highest BCUT2D eigenvalue weighted by atomic mass is 16.6. The Labute approximate surface area is 150 Å². The molecule has 0 aliphatic carbocycles. The number of hydrogen-bond acceptors (Lipinski definition) is 7. The molecule has 1 heterocycles. The standard InChI is InChI=1S/C18H19N3O5/c1-10(22)15-12(8-19)21-13(9-20-26-5)16(15)11-6-7-14(23-2)18(25-4)17(11)24-3/h6-7,9,21H,1-5H3. The molecule has 0 spiro atoms. The summed E-state index contributed by atoms with van der Waals surface area (Å²) in [5, 5.41) is 13.1.